The van der Waals surface area contributed by atoms with E-state index in [2.05, 4.69) is 231 Å². The van der Waals surface area contributed by atoms with Gasteiger partial charge in [-0.1, -0.05) is 184 Å². The summed E-state index contributed by atoms with van der Waals surface area (Å²) in [6.45, 7) is 4.67. The summed E-state index contributed by atoms with van der Waals surface area (Å²) in [6.07, 6.45) is 15.2. The van der Waals surface area contributed by atoms with Gasteiger partial charge in [0.15, 0.2) is 0 Å². The molecule has 0 N–H and O–H groups in total. The maximum atomic E-state index is 7.07. The van der Waals surface area contributed by atoms with Gasteiger partial charge in [-0.3, -0.25) is 0 Å². The number of hydrogen-bond acceptors (Lipinski definition) is 2. The van der Waals surface area contributed by atoms with E-state index in [1.54, 1.807) is 0 Å². The normalized spacial score (nSPS) is 16.4. The molecule has 272 valence electrons. The summed E-state index contributed by atoms with van der Waals surface area (Å²) in [7, 11) is 0. The number of fused-ring (bicyclic) bond motifs is 8. The summed E-state index contributed by atoms with van der Waals surface area (Å²) in [5.41, 5.74) is 17.2. The largest absolute Gasteiger partial charge is 0.455 e. The van der Waals surface area contributed by atoms with Gasteiger partial charge in [-0.05, 0) is 87.0 Å². The minimum atomic E-state index is -0.0868. The third kappa shape index (κ3) is 6.07. The number of hydrogen-bond donors (Lipinski definition) is 0. The Morgan fingerprint density at radius 2 is 1.11 bits per heavy atom. The molecule has 0 radical (unpaired) electrons. The summed E-state index contributed by atoms with van der Waals surface area (Å²) in [6, 6.07) is 60.7. The Morgan fingerprint density at radius 1 is 0.456 bits per heavy atom. The SMILES string of the molecule is CC1(C)c2ccccc2-c2ccc(-c3cccc4c5c(oc34)-c3ccccc3\C=C/C(N(c3ccccc3)c3ccc(-c4ccccc4)cc3)=C\C=C\C=C\5)cc21. The smallest absolute Gasteiger partial charge is 0.143 e. The lowest BCUT2D eigenvalue weighted by atomic mass is 9.81. The Hall–Kier alpha value is -7.16. The maximum absolute atomic E-state index is 7.07. The molecule has 0 amide bonds. The van der Waals surface area contributed by atoms with E-state index in [9.17, 15) is 0 Å². The predicted molar refractivity (Wildman–Crippen MR) is 240 cm³/mol. The standard InChI is InChI=1S/C55H41NO/c1-55(2)51-28-15-14-24-47(51)48-36-32-41(37-52(48)55)46-26-16-27-50-49-25-11-5-10-22-43(35-31-40-19-12-13-23-45(40)53(49)57-54(46)50)56(42-20-8-4-9-21-42)44-33-29-39(30-34-44)38-17-6-3-7-18-38/h3-37H,1-2H3/b10-5+,11-5?,22-10?,25-11+,35-31-,40-31?,43-22+,43-35?,49-25?,53-45?. The highest BCUT2D eigenvalue weighted by atomic mass is 16.3. The minimum Gasteiger partial charge on any atom is -0.455 e. The molecule has 57 heavy (non-hydrogen) atoms. The van der Waals surface area contributed by atoms with Crippen molar-refractivity contribution >= 4 is 34.5 Å². The Kier molecular flexibility index (Phi) is 8.53. The lowest BCUT2D eigenvalue weighted by Crippen LogP contribution is -2.15. The van der Waals surface area contributed by atoms with Crippen LogP contribution in [0, 0.1) is 0 Å². The van der Waals surface area contributed by atoms with Crippen LogP contribution in [0.3, 0.4) is 0 Å². The van der Waals surface area contributed by atoms with Crippen molar-refractivity contribution in [2.45, 2.75) is 19.3 Å². The number of furan rings is 1. The van der Waals surface area contributed by atoms with Crippen LogP contribution in [0.2, 0.25) is 0 Å². The quantitative estimate of drug-likeness (QED) is 0.175. The van der Waals surface area contributed by atoms with Crippen molar-refractivity contribution < 1.29 is 4.42 Å². The summed E-state index contributed by atoms with van der Waals surface area (Å²) < 4.78 is 7.07. The van der Waals surface area contributed by atoms with Crippen LogP contribution in [0.4, 0.5) is 11.4 Å². The third-order valence-corrected chi connectivity index (χ3v) is 11.5. The van der Waals surface area contributed by atoms with Crippen LogP contribution in [0.25, 0.3) is 67.8 Å². The lowest BCUT2D eigenvalue weighted by molar-refractivity contribution is 0.631. The molecule has 2 aliphatic rings. The molecule has 0 fully saturated rings. The summed E-state index contributed by atoms with van der Waals surface area (Å²) in [4.78, 5) is 2.31. The fourth-order valence-corrected chi connectivity index (χ4v) is 8.66. The van der Waals surface area contributed by atoms with Crippen molar-refractivity contribution in [1.82, 2.24) is 0 Å². The van der Waals surface area contributed by atoms with Crippen molar-refractivity contribution in [2.24, 2.45) is 0 Å². The summed E-state index contributed by atoms with van der Waals surface area (Å²) >= 11 is 0. The molecule has 10 rings (SSSR count). The average Bonchev–Trinajstić information content (AvgIpc) is 3.74. The molecule has 8 aromatic rings. The molecule has 2 aliphatic carbocycles. The molecule has 0 saturated carbocycles. The van der Waals surface area contributed by atoms with Crippen molar-refractivity contribution in [3.05, 3.63) is 228 Å². The van der Waals surface area contributed by atoms with Crippen molar-refractivity contribution in [3.8, 4) is 44.7 Å². The van der Waals surface area contributed by atoms with E-state index < -0.39 is 0 Å². The fraction of sp³-hybridized carbons (Fsp3) is 0.0545. The van der Waals surface area contributed by atoms with Gasteiger partial charge >= 0.3 is 0 Å². The average molecular weight is 732 g/mol. The Labute approximate surface area is 334 Å². The topological polar surface area (TPSA) is 16.4 Å². The first kappa shape index (κ1) is 34.3. The van der Waals surface area contributed by atoms with Crippen molar-refractivity contribution in [2.75, 3.05) is 4.90 Å². The number of allylic oxidation sites excluding steroid dienone is 5. The van der Waals surface area contributed by atoms with E-state index in [4.69, 9.17) is 4.42 Å². The Morgan fingerprint density at radius 3 is 1.93 bits per heavy atom. The molecular weight excluding hydrogens is 691 g/mol. The first-order chi connectivity index (χ1) is 28.0. The van der Waals surface area contributed by atoms with E-state index in [1.807, 2.05) is 0 Å². The second-order valence-corrected chi connectivity index (χ2v) is 15.3. The molecule has 0 atom stereocenters. The summed E-state index contributed by atoms with van der Waals surface area (Å²) in [5, 5.41) is 1.09. The maximum Gasteiger partial charge on any atom is 0.143 e. The number of benzene rings is 7. The molecule has 2 heteroatoms. The number of anilines is 2. The van der Waals surface area contributed by atoms with Gasteiger partial charge in [0, 0.05) is 44.6 Å². The second kappa shape index (κ2) is 14.2. The molecule has 2 nitrogen and oxygen atoms in total. The third-order valence-electron chi connectivity index (χ3n) is 11.5. The highest BCUT2D eigenvalue weighted by molar-refractivity contribution is 6.03. The first-order valence-corrected chi connectivity index (χ1v) is 19.7. The van der Waals surface area contributed by atoms with Gasteiger partial charge in [-0.15, -0.1) is 0 Å². The molecule has 0 aliphatic heterocycles. The minimum absolute atomic E-state index is 0.0868. The highest BCUT2D eigenvalue weighted by Crippen LogP contribution is 2.50. The fourth-order valence-electron chi connectivity index (χ4n) is 8.66. The zero-order valence-electron chi connectivity index (χ0n) is 32.1. The van der Waals surface area contributed by atoms with Crippen molar-refractivity contribution in [3.63, 3.8) is 0 Å². The number of para-hydroxylation sites is 2. The van der Waals surface area contributed by atoms with Crippen LogP contribution >= 0.6 is 0 Å². The first-order valence-electron chi connectivity index (χ1n) is 19.7. The van der Waals surface area contributed by atoms with Crippen molar-refractivity contribution in [1.29, 1.82) is 0 Å². The molecule has 1 heterocycles. The van der Waals surface area contributed by atoms with Crippen LogP contribution in [0.1, 0.15) is 36.1 Å². The molecule has 0 unspecified atom stereocenters. The predicted octanol–water partition coefficient (Wildman–Crippen LogP) is 15.1. The molecule has 0 bridgehead atoms. The number of nitrogens with zero attached hydrogens (tertiary/aromatic N) is 1. The Bertz CT molecular complexity index is 2900. The van der Waals surface area contributed by atoms with E-state index in [0.29, 0.717) is 0 Å². The highest BCUT2D eigenvalue weighted by Gasteiger charge is 2.35. The Balaban J connectivity index is 1.07. The molecule has 0 saturated heterocycles. The lowest BCUT2D eigenvalue weighted by Gasteiger charge is -2.26. The van der Waals surface area contributed by atoms with E-state index >= 15 is 0 Å². The van der Waals surface area contributed by atoms with Gasteiger partial charge < -0.3 is 9.32 Å². The van der Waals surface area contributed by atoms with Gasteiger partial charge in [-0.2, -0.15) is 0 Å². The van der Waals surface area contributed by atoms with E-state index in [1.165, 1.54) is 33.4 Å². The van der Waals surface area contributed by atoms with Crippen LogP contribution < -0.4 is 4.90 Å². The van der Waals surface area contributed by atoms with Crippen LogP contribution in [-0.2, 0) is 5.41 Å². The van der Waals surface area contributed by atoms with Crippen LogP contribution in [-0.4, -0.2) is 0 Å². The van der Waals surface area contributed by atoms with Gasteiger partial charge in [-0.25, -0.2) is 0 Å². The monoisotopic (exact) mass is 731 g/mol. The van der Waals surface area contributed by atoms with Gasteiger partial charge in [0.25, 0.3) is 0 Å². The van der Waals surface area contributed by atoms with Gasteiger partial charge in [0.05, 0.1) is 0 Å². The summed E-state index contributed by atoms with van der Waals surface area (Å²) in [5.74, 6) is 0.860. The number of rotatable bonds is 5. The van der Waals surface area contributed by atoms with Gasteiger partial charge in [0.1, 0.15) is 11.3 Å². The van der Waals surface area contributed by atoms with Crippen LogP contribution in [0.15, 0.2) is 210 Å². The molecule has 0 spiro atoms. The molecule has 7 aromatic carbocycles. The van der Waals surface area contributed by atoms with Gasteiger partial charge in [0.2, 0.25) is 0 Å². The molecular formula is C55H41NO. The zero-order chi connectivity index (χ0) is 38.3. The zero-order valence-corrected chi connectivity index (χ0v) is 32.1. The molecule has 1 aromatic heterocycles. The second-order valence-electron chi connectivity index (χ2n) is 15.3. The van der Waals surface area contributed by atoms with Crippen LogP contribution in [0.5, 0.6) is 0 Å². The van der Waals surface area contributed by atoms with E-state index in [0.717, 1.165) is 61.6 Å². The van der Waals surface area contributed by atoms with E-state index in [-0.39, 0.29) is 5.41 Å².